The summed E-state index contributed by atoms with van der Waals surface area (Å²) in [5, 5.41) is 0. The van der Waals surface area contributed by atoms with Crippen molar-refractivity contribution in [3.63, 3.8) is 0 Å². The van der Waals surface area contributed by atoms with Crippen molar-refractivity contribution in [3.05, 3.63) is 0 Å². The second kappa shape index (κ2) is 6.52. The zero-order chi connectivity index (χ0) is 11.3. The van der Waals surface area contributed by atoms with Gasteiger partial charge in [0, 0.05) is 6.04 Å². The molecule has 1 atom stereocenters. The predicted molar refractivity (Wildman–Crippen MR) is 68.1 cm³/mol. The second-order valence-corrected chi connectivity index (χ2v) is 5.65. The van der Waals surface area contributed by atoms with Gasteiger partial charge in [0.05, 0.1) is 0 Å². The SMILES string of the molecule is CCCCC(C)C1CCC(N(C)C)CC1. The lowest BCUT2D eigenvalue weighted by Crippen LogP contribution is -2.33. The fraction of sp³-hybridized carbons (Fsp3) is 1.00. The van der Waals surface area contributed by atoms with E-state index < -0.39 is 0 Å². The molecule has 0 spiro atoms. The molecule has 1 aliphatic rings. The summed E-state index contributed by atoms with van der Waals surface area (Å²) in [6, 6.07) is 0.861. The van der Waals surface area contributed by atoms with Gasteiger partial charge in [0.15, 0.2) is 0 Å². The minimum absolute atomic E-state index is 0.861. The Morgan fingerprint density at radius 1 is 1.13 bits per heavy atom. The molecule has 1 nitrogen and oxygen atoms in total. The summed E-state index contributed by atoms with van der Waals surface area (Å²) in [4.78, 5) is 2.41. The molecule has 1 unspecified atom stereocenters. The van der Waals surface area contributed by atoms with E-state index in [1.54, 1.807) is 0 Å². The van der Waals surface area contributed by atoms with Crippen LogP contribution in [0.3, 0.4) is 0 Å². The molecule has 0 amide bonds. The molecule has 1 heteroatoms. The fourth-order valence-corrected chi connectivity index (χ4v) is 2.95. The molecule has 0 aromatic heterocycles. The molecule has 1 aliphatic carbocycles. The topological polar surface area (TPSA) is 3.24 Å². The van der Waals surface area contributed by atoms with E-state index in [1.165, 1.54) is 44.9 Å². The second-order valence-electron chi connectivity index (χ2n) is 5.65. The molecular formula is C14H29N. The van der Waals surface area contributed by atoms with Crippen molar-refractivity contribution in [1.29, 1.82) is 0 Å². The zero-order valence-corrected chi connectivity index (χ0v) is 11.1. The number of rotatable bonds is 5. The molecule has 0 saturated heterocycles. The Morgan fingerprint density at radius 3 is 2.20 bits per heavy atom. The summed E-state index contributed by atoms with van der Waals surface area (Å²) < 4.78 is 0. The van der Waals surface area contributed by atoms with Crippen LogP contribution in [0.2, 0.25) is 0 Å². The van der Waals surface area contributed by atoms with Crippen LogP contribution in [0.4, 0.5) is 0 Å². The van der Waals surface area contributed by atoms with Crippen LogP contribution in [-0.2, 0) is 0 Å². The third-order valence-corrected chi connectivity index (χ3v) is 4.29. The van der Waals surface area contributed by atoms with E-state index in [1.807, 2.05) is 0 Å². The van der Waals surface area contributed by atoms with Crippen LogP contribution in [0.5, 0.6) is 0 Å². The van der Waals surface area contributed by atoms with E-state index in [9.17, 15) is 0 Å². The van der Waals surface area contributed by atoms with E-state index in [-0.39, 0.29) is 0 Å². The Kier molecular flexibility index (Phi) is 5.66. The largest absolute Gasteiger partial charge is 0.306 e. The highest BCUT2D eigenvalue weighted by molar-refractivity contribution is 4.79. The van der Waals surface area contributed by atoms with Gasteiger partial charge in [-0.15, -0.1) is 0 Å². The maximum absolute atomic E-state index is 2.47. The standard InChI is InChI=1S/C14H29N/c1-5-6-7-12(2)13-8-10-14(11-9-13)15(3)4/h12-14H,5-11H2,1-4H3. The third kappa shape index (κ3) is 4.14. The summed E-state index contributed by atoms with van der Waals surface area (Å²) in [5.41, 5.74) is 0. The molecule has 0 N–H and O–H groups in total. The Labute approximate surface area is 96.2 Å². The molecule has 1 rings (SSSR count). The van der Waals surface area contributed by atoms with Crippen LogP contribution in [0.15, 0.2) is 0 Å². The average Bonchev–Trinajstić information content (AvgIpc) is 2.26. The molecule has 0 aliphatic heterocycles. The highest BCUT2D eigenvalue weighted by atomic mass is 15.1. The monoisotopic (exact) mass is 211 g/mol. The summed E-state index contributed by atoms with van der Waals surface area (Å²) in [6.07, 6.45) is 10.0. The van der Waals surface area contributed by atoms with Gasteiger partial charge in [-0.05, 0) is 51.6 Å². The molecule has 0 aromatic carbocycles. The van der Waals surface area contributed by atoms with Gasteiger partial charge in [-0.1, -0.05) is 33.1 Å². The van der Waals surface area contributed by atoms with E-state index in [2.05, 4.69) is 32.8 Å². The van der Waals surface area contributed by atoms with Crippen molar-refractivity contribution in [1.82, 2.24) is 4.90 Å². The van der Waals surface area contributed by atoms with Crippen molar-refractivity contribution in [2.45, 2.75) is 64.8 Å². The summed E-state index contributed by atoms with van der Waals surface area (Å²) >= 11 is 0. The first kappa shape index (κ1) is 13.0. The van der Waals surface area contributed by atoms with Crippen molar-refractivity contribution < 1.29 is 0 Å². The molecule has 90 valence electrons. The van der Waals surface area contributed by atoms with Crippen LogP contribution in [0.25, 0.3) is 0 Å². The Balaban J connectivity index is 2.24. The van der Waals surface area contributed by atoms with E-state index in [0.717, 1.165) is 17.9 Å². The van der Waals surface area contributed by atoms with Gasteiger partial charge in [0.25, 0.3) is 0 Å². The zero-order valence-electron chi connectivity index (χ0n) is 11.1. The normalized spacial score (nSPS) is 29.4. The third-order valence-electron chi connectivity index (χ3n) is 4.29. The van der Waals surface area contributed by atoms with E-state index in [4.69, 9.17) is 0 Å². The summed E-state index contributed by atoms with van der Waals surface area (Å²) in [6.45, 7) is 4.77. The van der Waals surface area contributed by atoms with E-state index >= 15 is 0 Å². The van der Waals surface area contributed by atoms with Crippen LogP contribution >= 0.6 is 0 Å². The smallest absolute Gasteiger partial charge is 0.00893 e. The Bertz CT molecular complexity index is 157. The molecule has 0 bridgehead atoms. The molecule has 0 radical (unpaired) electrons. The van der Waals surface area contributed by atoms with Gasteiger partial charge in [0.2, 0.25) is 0 Å². The predicted octanol–water partition coefficient (Wildman–Crippen LogP) is 3.93. The lowest BCUT2D eigenvalue weighted by atomic mass is 9.77. The summed E-state index contributed by atoms with van der Waals surface area (Å²) in [7, 11) is 4.46. The van der Waals surface area contributed by atoms with Gasteiger partial charge in [-0.2, -0.15) is 0 Å². The van der Waals surface area contributed by atoms with Crippen LogP contribution < -0.4 is 0 Å². The molecular weight excluding hydrogens is 182 g/mol. The van der Waals surface area contributed by atoms with Gasteiger partial charge >= 0.3 is 0 Å². The highest BCUT2D eigenvalue weighted by Gasteiger charge is 2.25. The molecule has 15 heavy (non-hydrogen) atoms. The number of hydrogen-bond donors (Lipinski definition) is 0. The van der Waals surface area contributed by atoms with Crippen molar-refractivity contribution in [3.8, 4) is 0 Å². The minimum Gasteiger partial charge on any atom is -0.306 e. The average molecular weight is 211 g/mol. The van der Waals surface area contributed by atoms with E-state index in [0.29, 0.717) is 0 Å². The minimum atomic E-state index is 0.861. The summed E-state index contributed by atoms with van der Waals surface area (Å²) in [5.74, 6) is 1.99. The van der Waals surface area contributed by atoms with Gasteiger partial charge in [-0.25, -0.2) is 0 Å². The first-order chi connectivity index (χ1) is 7.15. The fourth-order valence-electron chi connectivity index (χ4n) is 2.95. The van der Waals surface area contributed by atoms with Crippen molar-refractivity contribution in [2.24, 2.45) is 11.8 Å². The first-order valence-corrected chi connectivity index (χ1v) is 6.81. The molecule has 0 aromatic rings. The van der Waals surface area contributed by atoms with Gasteiger partial charge in [-0.3, -0.25) is 0 Å². The first-order valence-electron chi connectivity index (χ1n) is 6.81. The number of nitrogens with zero attached hydrogens (tertiary/aromatic N) is 1. The van der Waals surface area contributed by atoms with Gasteiger partial charge in [0.1, 0.15) is 0 Å². The quantitative estimate of drug-likeness (QED) is 0.666. The van der Waals surface area contributed by atoms with Crippen LogP contribution in [0.1, 0.15) is 58.8 Å². The molecule has 1 fully saturated rings. The lowest BCUT2D eigenvalue weighted by Gasteiger charge is -2.35. The van der Waals surface area contributed by atoms with Crippen LogP contribution in [-0.4, -0.2) is 25.0 Å². The lowest BCUT2D eigenvalue weighted by molar-refractivity contribution is 0.159. The Hall–Kier alpha value is -0.0400. The van der Waals surface area contributed by atoms with Crippen LogP contribution in [0, 0.1) is 11.8 Å². The number of unbranched alkanes of at least 4 members (excludes halogenated alkanes) is 1. The molecule has 1 saturated carbocycles. The maximum atomic E-state index is 2.47. The highest BCUT2D eigenvalue weighted by Crippen LogP contribution is 2.33. The van der Waals surface area contributed by atoms with Crippen molar-refractivity contribution >= 4 is 0 Å². The maximum Gasteiger partial charge on any atom is 0.00893 e. The Morgan fingerprint density at radius 2 is 1.73 bits per heavy atom. The van der Waals surface area contributed by atoms with Gasteiger partial charge < -0.3 is 4.90 Å². The van der Waals surface area contributed by atoms with Crippen molar-refractivity contribution in [2.75, 3.05) is 14.1 Å². The molecule has 0 heterocycles. The number of hydrogen-bond acceptors (Lipinski definition) is 1.